The molecule has 7 nitrogen and oxygen atoms in total. The normalized spacial score (nSPS) is 21.3. The van der Waals surface area contributed by atoms with Gasteiger partial charge >= 0.3 is 6.18 Å². The highest BCUT2D eigenvalue weighted by Gasteiger charge is 2.56. The molecule has 1 aromatic carbocycles. The number of ether oxygens (including phenoxy) is 1. The summed E-state index contributed by atoms with van der Waals surface area (Å²) >= 11 is 0. The zero-order valence-electron chi connectivity index (χ0n) is 18.0. The van der Waals surface area contributed by atoms with Gasteiger partial charge in [0.1, 0.15) is 5.75 Å². The summed E-state index contributed by atoms with van der Waals surface area (Å²) in [5.74, 6) is 0.0463. The summed E-state index contributed by atoms with van der Waals surface area (Å²) in [4.78, 5) is 30.7. The van der Waals surface area contributed by atoms with Crippen LogP contribution >= 0.6 is 0 Å². The van der Waals surface area contributed by atoms with Gasteiger partial charge in [-0.3, -0.25) is 9.59 Å². The number of halogens is 3. The van der Waals surface area contributed by atoms with E-state index in [9.17, 15) is 22.8 Å². The van der Waals surface area contributed by atoms with Crippen molar-refractivity contribution < 1.29 is 22.7 Å². The molecule has 1 saturated carbocycles. The molecule has 34 heavy (non-hydrogen) atoms. The number of nitrogens with zero attached hydrogens (tertiary/aromatic N) is 4. The van der Waals surface area contributed by atoms with Gasteiger partial charge in [-0.15, -0.1) is 0 Å². The average molecular weight is 470 g/mol. The van der Waals surface area contributed by atoms with Crippen LogP contribution in [0.1, 0.15) is 11.3 Å². The molecule has 0 N–H and O–H groups in total. The third-order valence-electron chi connectivity index (χ3n) is 6.46. The highest BCUT2D eigenvalue weighted by molar-refractivity contribution is 5.79. The zero-order chi connectivity index (χ0) is 23.9. The standard InChI is InChI=1S/C24H21F3N4O3/c25-24(26,27)22-20(7-4-9-28-22)34-14-19-17-12-30(13-18(17)19)21(32)11-15-8-10-29-31(23(15)33)16-5-2-1-3-6-16/h1-10,17-19H,11-14H2. The number of hydrogen-bond acceptors (Lipinski definition) is 5. The van der Waals surface area contributed by atoms with Crippen LogP contribution in [-0.2, 0) is 17.4 Å². The van der Waals surface area contributed by atoms with Gasteiger partial charge in [0.15, 0.2) is 5.69 Å². The van der Waals surface area contributed by atoms with Crippen LogP contribution in [0.15, 0.2) is 65.7 Å². The number of carbonyl (C=O) groups is 1. The Kier molecular flexibility index (Phi) is 5.59. The predicted molar refractivity (Wildman–Crippen MR) is 115 cm³/mol. The molecule has 2 fully saturated rings. The highest BCUT2D eigenvalue weighted by Crippen LogP contribution is 2.52. The van der Waals surface area contributed by atoms with E-state index in [0.29, 0.717) is 24.3 Å². The van der Waals surface area contributed by atoms with Crippen molar-refractivity contribution in [3.63, 3.8) is 0 Å². The second-order valence-corrected chi connectivity index (χ2v) is 8.53. The molecule has 2 aliphatic rings. The Morgan fingerprint density at radius 2 is 1.76 bits per heavy atom. The number of rotatable bonds is 6. The van der Waals surface area contributed by atoms with E-state index in [-0.39, 0.29) is 48.0 Å². The van der Waals surface area contributed by atoms with Crippen LogP contribution in [0.3, 0.4) is 0 Å². The third kappa shape index (κ3) is 4.27. The van der Waals surface area contributed by atoms with E-state index < -0.39 is 11.9 Å². The summed E-state index contributed by atoms with van der Waals surface area (Å²) in [5, 5.41) is 4.10. The number of para-hydroxylation sites is 1. The van der Waals surface area contributed by atoms with Crippen LogP contribution < -0.4 is 10.3 Å². The number of benzene rings is 1. The summed E-state index contributed by atoms with van der Waals surface area (Å²) in [7, 11) is 0. The molecule has 3 heterocycles. The first-order valence-electron chi connectivity index (χ1n) is 10.9. The number of piperidine rings is 1. The van der Waals surface area contributed by atoms with Gasteiger partial charge in [0.25, 0.3) is 5.56 Å². The van der Waals surface area contributed by atoms with Gasteiger partial charge in [0.2, 0.25) is 5.91 Å². The van der Waals surface area contributed by atoms with Gasteiger partial charge in [0, 0.05) is 37.0 Å². The van der Waals surface area contributed by atoms with Crippen molar-refractivity contribution in [1.29, 1.82) is 0 Å². The Hall–Kier alpha value is -3.69. The molecule has 2 aromatic heterocycles. The van der Waals surface area contributed by atoms with Crippen LogP contribution in [0, 0.1) is 17.8 Å². The minimum Gasteiger partial charge on any atom is -0.491 e. The van der Waals surface area contributed by atoms with Crippen molar-refractivity contribution in [2.75, 3.05) is 19.7 Å². The van der Waals surface area contributed by atoms with Crippen LogP contribution in [0.4, 0.5) is 13.2 Å². The van der Waals surface area contributed by atoms with Gasteiger partial charge in [-0.1, -0.05) is 18.2 Å². The van der Waals surface area contributed by atoms with E-state index in [1.54, 1.807) is 35.2 Å². The minimum absolute atomic E-state index is 0.0284. The molecule has 10 heteroatoms. The molecular weight excluding hydrogens is 449 g/mol. The number of hydrogen-bond donors (Lipinski definition) is 0. The number of carbonyl (C=O) groups excluding carboxylic acids is 1. The van der Waals surface area contributed by atoms with E-state index in [0.717, 1.165) is 6.20 Å². The molecule has 0 radical (unpaired) electrons. The molecule has 2 unspecified atom stereocenters. The molecule has 5 rings (SSSR count). The lowest BCUT2D eigenvalue weighted by Crippen LogP contribution is -2.35. The Balaban J connectivity index is 1.17. The van der Waals surface area contributed by atoms with Crippen molar-refractivity contribution in [2.45, 2.75) is 12.6 Å². The van der Waals surface area contributed by atoms with Crippen LogP contribution in [0.5, 0.6) is 5.75 Å². The smallest absolute Gasteiger partial charge is 0.437 e. The maximum absolute atomic E-state index is 13.1. The fourth-order valence-electron chi connectivity index (χ4n) is 4.62. The summed E-state index contributed by atoms with van der Waals surface area (Å²) < 4.78 is 45.9. The lowest BCUT2D eigenvalue weighted by Gasteiger charge is -2.20. The van der Waals surface area contributed by atoms with Gasteiger partial charge in [-0.2, -0.15) is 23.0 Å². The number of aromatic nitrogens is 3. The van der Waals surface area contributed by atoms with Crippen molar-refractivity contribution in [1.82, 2.24) is 19.7 Å². The van der Waals surface area contributed by atoms with Gasteiger partial charge in [0.05, 0.1) is 18.7 Å². The monoisotopic (exact) mass is 470 g/mol. The lowest BCUT2D eigenvalue weighted by atomic mass is 10.2. The van der Waals surface area contributed by atoms with Gasteiger partial charge in [-0.05, 0) is 42.2 Å². The Bertz CT molecular complexity index is 1250. The van der Waals surface area contributed by atoms with E-state index in [2.05, 4.69) is 10.1 Å². The molecule has 2 atom stereocenters. The molecule has 3 aromatic rings. The molecule has 1 aliphatic heterocycles. The number of alkyl halides is 3. The first-order chi connectivity index (χ1) is 16.3. The van der Waals surface area contributed by atoms with Gasteiger partial charge in [-0.25, -0.2) is 4.98 Å². The van der Waals surface area contributed by atoms with E-state index in [1.807, 2.05) is 6.07 Å². The second kappa shape index (κ2) is 8.58. The van der Waals surface area contributed by atoms with Crippen LogP contribution in [-0.4, -0.2) is 45.3 Å². The first kappa shape index (κ1) is 22.1. The highest BCUT2D eigenvalue weighted by atomic mass is 19.4. The molecule has 1 aliphatic carbocycles. The molecule has 176 valence electrons. The molecule has 0 spiro atoms. The van der Waals surface area contributed by atoms with Gasteiger partial charge < -0.3 is 9.64 Å². The molecule has 0 bridgehead atoms. The SMILES string of the molecule is O=C(Cc1ccnn(-c2ccccc2)c1=O)N1CC2C(COc3cccnc3C(F)(F)F)C2C1. The van der Waals surface area contributed by atoms with Crippen LogP contribution in [0.2, 0.25) is 0 Å². The van der Waals surface area contributed by atoms with E-state index >= 15 is 0 Å². The van der Waals surface area contributed by atoms with E-state index in [4.69, 9.17) is 4.74 Å². The number of likely N-dealkylation sites (tertiary alicyclic amines) is 1. The van der Waals surface area contributed by atoms with Crippen molar-refractivity contribution >= 4 is 5.91 Å². The average Bonchev–Trinajstić information content (AvgIpc) is 3.27. The largest absolute Gasteiger partial charge is 0.491 e. The minimum atomic E-state index is -4.58. The summed E-state index contributed by atoms with van der Waals surface area (Å²) in [6.07, 6.45) is -2.02. The summed E-state index contributed by atoms with van der Waals surface area (Å²) in [6, 6.07) is 13.2. The molecule has 1 amide bonds. The summed E-state index contributed by atoms with van der Waals surface area (Å²) in [5.41, 5.74) is -0.388. The fraction of sp³-hybridized carbons (Fsp3) is 0.333. The van der Waals surface area contributed by atoms with Crippen molar-refractivity contribution in [3.8, 4) is 11.4 Å². The predicted octanol–water partition coefficient (Wildman–Crippen LogP) is 2.97. The maximum Gasteiger partial charge on any atom is 0.437 e. The number of pyridine rings is 1. The van der Waals surface area contributed by atoms with Crippen molar-refractivity contribution in [3.05, 3.63) is 82.5 Å². The maximum atomic E-state index is 13.1. The Labute approximate surface area is 192 Å². The van der Waals surface area contributed by atoms with Crippen molar-refractivity contribution in [2.24, 2.45) is 17.8 Å². The Morgan fingerprint density at radius 3 is 2.47 bits per heavy atom. The Morgan fingerprint density at radius 1 is 1.03 bits per heavy atom. The quantitative estimate of drug-likeness (QED) is 0.554. The molecular formula is C24H21F3N4O3. The number of fused-ring (bicyclic) bond motifs is 1. The van der Waals surface area contributed by atoms with Crippen LogP contribution in [0.25, 0.3) is 5.69 Å². The fourth-order valence-corrected chi connectivity index (χ4v) is 4.62. The zero-order valence-corrected chi connectivity index (χ0v) is 18.0. The molecule has 1 saturated heterocycles. The summed E-state index contributed by atoms with van der Waals surface area (Å²) in [6.45, 7) is 1.17. The topological polar surface area (TPSA) is 77.3 Å². The first-order valence-corrected chi connectivity index (χ1v) is 10.9. The second-order valence-electron chi connectivity index (χ2n) is 8.53. The lowest BCUT2D eigenvalue weighted by molar-refractivity contribution is -0.142. The third-order valence-corrected chi connectivity index (χ3v) is 6.46. The number of amides is 1. The van der Waals surface area contributed by atoms with E-state index in [1.165, 1.54) is 23.0 Å².